The normalized spacial score (nSPS) is 11.0. The Morgan fingerprint density at radius 1 is 1.04 bits per heavy atom. The van der Waals surface area contributed by atoms with Crippen LogP contribution in [0, 0.1) is 4.77 Å². The zero-order valence-corrected chi connectivity index (χ0v) is 17.5. The van der Waals surface area contributed by atoms with Crippen molar-refractivity contribution in [3.05, 3.63) is 50.7 Å². The Kier molecular flexibility index (Phi) is 6.23. The minimum atomic E-state index is 0.320. The highest BCUT2D eigenvalue weighted by molar-refractivity contribution is 7.71. The highest BCUT2D eigenvalue weighted by atomic mass is 35.5. The van der Waals surface area contributed by atoms with Gasteiger partial charge in [0.25, 0.3) is 0 Å². The van der Waals surface area contributed by atoms with Gasteiger partial charge in [0.2, 0.25) is 10.5 Å². The molecule has 1 aromatic heterocycles. The summed E-state index contributed by atoms with van der Waals surface area (Å²) in [6.45, 7) is 0. The maximum absolute atomic E-state index is 6.05. The topological polar surface area (TPSA) is 73.7 Å². The molecule has 0 saturated heterocycles. The predicted octanol–water partition coefficient (Wildman–Crippen LogP) is 4.82. The van der Waals surface area contributed by atoms with Crippen molar-refractivity contribution < 1.29 is 14.2 Å². The van der Waals surface area contributed by atoms with E-state index in [0.29, 0.717) is 43.5 Å². The van der Waals surface area contributed by atoms with Gasteiger partial charge in [-0.1, -0.05) is 29.3 Å². The molecule has 0 radical (unpaired) electrons. The molecule has 0 saturated carbocycles. The predicted molar refractivity (Wildman–Crippen MR) is 112 cm³/mol. The average Bonchev–Trinajstić information content (AvgIpc) is 3.08. The van der Waals surface area contributed by atoms with Crippen LogP contribution in [0.4, 0.5) is 0 Å². The molecular weight excluding hydrogens is 423 g/mol. The summed E-state index contributed by atoms with van der Waals surface area (Å²) in [6.07, 6.45) is 1.61. The Labute approximate surface area is 176 Å². The number of methoxy groups -OCH3 is 3. The number of H-pyrrole nitrogens is 1. The third-order valence-electron chi connectivity index (χ3n) is 3.84. The van der Waals surface area contributed by atoms with Crippen molar-refractivity contribution in [1.29, 1.82) is 0 Å². The zero-order valence-electron chi connectivity index (χ0n) is 15.2. The first-order valence-corrected chi connectivity index (χ1v) is 9.12. The third-order valence-corrected chi connectivity index (χ3v) is 4.84. The second kappa shape index (κ2) is 8.64. The van der Waals surface area contributed by atoms with Gasteiger partial charge in [0.15, 0.2) is 17.3 Å². The summed E-state index contributed by atoms with van der Waals surface area (Å²) in [5.74, 6) is 1.94. The van der Waals surface area contributed by atoms with Gasteiger partial charge in [0, 0.05) is 5.56 Å². The lowest BCUT2D eigenvalue weighted by Gasteiger charge is -2.13. The first kappa shape index (κ1) is 20.2. The van der Waals surface area contributed by atoms with E-state index in [1.54, 1.807) is 50.8 Å². The van der Waals surface area contributed by atoms with E-state index in [1.807, 2.05) is 0 Å². The van der Waals surface area contributed by atoms with Gasteiger partial charge in [-0.3, -0.25) is 0 Å². The first-order valence-electron chi connectivity index (χ1n) is 7.95. The number of ether oxygens (including phenoxy) is 3. The summed E-state index contributed by atoms with van der Waals surface area (Å²) in [5.41, 5.74) is 1.43. The maximum Gasteiger partial charge on any atom is 0.216 e. The lowest BCUT2D eigenvalue weighted by molar-refractivity contribution is 0.324. The molecule has 0 aliphatic heterocycles. The van der Waals surface area contributed by atoms with Gasteiger partial charge in [0.05, 0.1) is 37.6 Å². The Morgan fingerprint density at radius 2 is 1.71 bits per heavy atom. The molecule has 3 aromatic rings. The van der Waals surface area contributed by atoms with Crippen LogP contribution < -0.4 is 14.2 Å². The average molecular weight is 439 g/mol. The van der Waals surface area contributed by atoms with E-state index >= 15 is 0 Å². The van der Waals surface area contributed by atoms with E-state index in [0.717, 1.165) is 5.56 Å². The number of hydrogen-bond acceptors (Lipinski definition) is 6. The number of aromatic amines is 1. The minimum Gasteiger partial charge on any atom is -0.493 e. The van der Waals surface area contributed by atoms with E-state index in [-0.39, 0.29) is 0 Å². The summed E-state index contributed by atoms with van der Waals surface area (Å²) in [4.78, 5) is 0. The fourth-order valence-electron chi connectivity index (χ4n) is 2.51. The first-order chi connectivity index (χ1) is 13.5. The smallest absolute Gasteiger partial charge is 0.216 e. The van der Waals surface area contributed by atoms with Crippen molar-refractivity contribution in [3.8, 4) is 28.6 Å². The molecule has 10 heteroatoms. The molecule has 146 valence electrons. The van der Waals surface area contributed by atoms with Gasteiger partial charge in [-0.2, -0.15) is 14.9 Å². The molecule has 0 bridgehead atoms. The van der Waals surface area contributed by atoms with Crippen LogP contribution in [0.5, 0.6) is 17.2 Å². The van der Waals surface area contributed by atoms with Crippen LogP contribution in [0.1, 0.15) is 5.56 Å². The number of benzene rings is 2. The maximum atomic E-state index is 6.05. The summed E-state index contributed by atoms with van der Waals surface area (Å²) >= 11 is 17.3. The van der Waals surface area contributed by atoms with E-state index < -0.39 is 0 Å². The van der Waals surface area contributed by atoms with Crippen LogP contribution in [0.25, 0.3) is 11.4 Å². The molecule has 28 heavy (non-hydrogen) atoms. The largest absolute Gasteiger partial charge is 0.493 e. The Balaban J connectivity index is 2.07. The number of nitrogens with zero attached hydrogens (tertiary/aromatic N) is 3. The fraction of sp³-hybridized carbons (Fsp3) is 0.167. The molecule has 1 heterocycles. The van der Waals surface area contributed by atoms with E-state index in [4.69, 9.17) is 49.6 Å². The van der Waals surface area contributed by atoms with Crippen molar-refractivity contribution in [1.82, 2.24) is 14.9 Å². The van der Waals surface area contributed by atoms with E-state index in [9.17, 15) is 0 Å². The van der Waals surface area contributed by atoms with Gasteiger partial charge in [-0.15, -0.1) is 0 Å². The van der Waals surface area contributed by atoms with Crippen LogP contribution in [-0.4, -0.2) is 42.4 Å². The summed E-state index contributed by atoms with van der Waals surface area (Å²) in [6, 6.07) is 8.71. The lowest BCUT2D eigenvalue weighted by atomic mass is 10.1. The Hall–Kier alpha value is -2.55. The quantitative estimate of drug-likeness (QED) is 0.440. The van der Waals surface area contributed by atoms with E-state index in [2.05, 4.69) is 15.3 Å². The second-order valence-electron chi connectivity index (χ2n) is 5.50. The summed E-state index contributed by atoms with van der Waals surface area (Å²) < 4.78 is 18.0. The highest BCUT2D eigenvalue weighted by Crippen LogP contribution is 2.40. The van der Waals surface area contributed by atoms with Crippen molar-refractivity contribution >= 4 is 41.6 Å². The standard InChI is InChI=1S/C18H16Cl2N4O3S/c1-25-14-7-11(8-15(26-2)16(14)27-3)17-22-23-18(28)24(17)21-9-10-4-5-12(19)13(20)6-10/h4-9H,1-3H3,(H,23,28)/b21-9+. The van der Waals surface area contributed by atoms with Crippen LogP contribution in [0.2, 0.25) is 10.0 Å². The van der Waals surface area contributed by atoms with Gasteiger partial charge >= 0.3 is 0 Å². The van der Waals surface area contributed by atoms with E-state index in [1.165, 1.54) is 11.8 Å². The van der Waals surface area contributed by atoms with Crippen LogP contribution >= 0.6 is 35.4 Å². The van der Waals surface area contributed by atoms with Crippen LogP contribution in [0.3, 0.4) is 0 Å². The highest BCUT2D eigenvalue weighted by Gasteiger charge is 2.17. The summed E-state index contributed by atoms with van der Waals surface area (Å²) in [5, 5.41) is 12.3. The van der Waals surface area contributed by atoms with Crippen molar-refractivity contribution in [2.75, 3.05) is 21.3 Å². The summed E-state index contributed by atoms with van der Waals surface area (Å²) in [7, 11) is 4.62. The number of halogens is 2. The second-order valence-corrected chi connectivity index (χ2v) is 6.70. The minimum absolute atomic E-state index is 0.320. The zero-order chi connectivity index (χ0) is 20.3. The van der Waals surface area contributed by atoms with Crippen molar-refractivity contribution in [2.24, 2.45) is 5.10 Å². The molecule has 0 aliphatic rings. The van der Waals surface area contributed by atoms with Gasteiger partial charge in [0.1, 0.15) is 0 Å². The molecule has 7 nitrogen and oxygen atoms in total. The molecule has 0 fully saturated rings. The molecule has 0 aliphatic carbocycles. The molecule has 0 atom stereocenters. The molecular formula is C18H16Cl2N4O3S. The van der Waals surface area contributed by atoms with Gasteiger partial charge < -0.3 is 14.2 Å². The van der Waals surface area contributed by atoms with Crippen molar-refractivity contribution in [2.45, 2.75) is 0 Å². The molecule has 2 aromatic carbocycles. The number of aromatic nitrogens is 3. The Bertz CT molecular complexity index is 1070. The SMILES string of the molecule is COc1cc(-c2n[nH]c(=S)n2/N=C/c2ccc(Cl)c(Cl)c2)cc(OC)c1OC. The van der Waals surface area contributed by atoms with Crippen LogP contribution in [0.15, 0.2) is 35.4 Å². The Morgan fingerprint density at radius 3 is 2.29 bits per heavy atom. The number of rotatable bonds is 6. The molecule has 0 spiro atoms. The van der Waals surface area contributed by atoms with Gasteiger partial charge in [-0.25, -0.2) is 5.10 Å². The van der Waals surface area contributed by atoms with Crippen molar-refractivity contribution in [3.63, 3.8) is 0 Å². The van der Waals surface area contributed by atoms with Gasteiger partial charge in [-0.05, 0) is 42.0 Å². The molecule has 0 unspecified atom stereocenters. The fourth-order valence-corrected chi connectivity index (χ4v) is 3.00. The molecule has 0 amide bonds. The third kappa shape index (κ3) is 3.99. The lowest BCUT2D eigenvalue weighted by Crippen LogP contribution is -1.99. The number of nitrogens with one attached hydrogen (secondary N) is 1. The monoisotopic (exact) mass is 438 g/mol. The molecule has 3 rings (SSSR count). The van der Waals surface area contributed by atoms with Crippen LogP contribution in [-0.2, 0) is 0 Å². The number of hydrogen-bond donors (Lipinski definition) is 1. The molecule has 1 N–H and O–H groups in total.